The molecule has 4 heteroatoms. The largest absolute Gasteiger partial charge is 0.441 e. The number of aryl methyl sites for hydroxylation is 2. The van der Waals surface area contributed by atoms with Crippen molar-refractivity contribution in [3.63, 3.8) is 0 Å². The summed E-state index contributed by atoms with van der Waals surface area (Å²) in [6.07, 6.45) is 5.20. The van der Waals surface area contributed by atoms with Crippen molar-refractivity contribution in [1.29, 1.82) is 0 Å². The average Bonchev–Trinajstić information content (AvgIpc) is 2.95. The summed E-state index contributed by atoms with van der Waals surface area (Å²) >= 11 is 0. The first-order valence-corrected chi connectivity index (χ1v) is 8.95. The van der Waals surface area contributed by atoms with Crippen LogP contribution in [0.15, 0.2) is 28.7 Å². The Morgan fingerprint density at radius 1 is 1.21 bits per heavy atom. The second-order valence-corrected chi connectivity index (χ2v) is 6.91. The fourth-order valence-corrected chi connectivity index (χ4v) is 3.45. The molecule has 3 rings (SSSR count). The molecule has 1 aliphatic rings. The van der Waals surface area contributed by atoms with E-state index in [0.717, 1.165) is 42.3 Å². The summed E-state index contributed by atoms with van der Waals surface area (Å²) in [6, 6.07) is 8.26. The second kappa shape index (κ2) is 7.95. The molecule has 1 aliphatic carbocycles. The lowest BCUT2D eigenvalue weighted by Gasteiger charge is -2.28. The zero-order chi connectivity index (χ0) is 16.9. The van der Waals surface area contributed by atoms with E-state index in [4.69, 9.17) is 9.15 Å². The number of benzene rings is 1. The van der Waals surface area contributed by atoms with Crippen molar-refractivity contribution in [2.24, 2.45) is 5.92 Å². The van der Waals surface area contributed by atoms with Crippen LogP contribution in [0.1, 0.15) is 42.7 Å². The van der Waals surface area contributed by atoms with Crippen LogP contribution in [-0.4, -0.2) is 24.7 Å². The van der Waals surface area contributed by atoms with E-state index >= 15 is 0 Å². The highest BCUT2D eigenvalue weighted by Crippen LogP contribution is 2.28. The summed E-state index contributed by atoms with van der Waals surface area (Å²) < 4.78 is 12.0. The third kappa shape index (κ3) is 4.25. The zero-order valence-corrected chi connectivity index (χ0v) is 15.0. The molecule has 0 unspecified atom stereocenters. The van der Waals surface area contributed by atoms with Crippen molar-refractivity contribution < 1.29 is 9.15 Å². The number of ether oxygens (including phenoxy) is 1. The van der Waals surface area contributed by atoms with E-state index in [-0.39, 0.29) is 0 Å². The second-order valence-electron chi connectivity index (χ2n) is 6.91. The molecular weight excluding hydrogens is 300 g/mol. The van der Waals surface area contributed by atoms with Crippen molar-refractivity contribution in [2.75, 3.05) is 13.6 Å². The lowest BCUT2D eigenvalue weighted by molar-refractivity contribution is 0.000892. The molecule has 0 spiro atoms. The summed E-state index contributed by atoms with van der Waals surface area (Å²) in [5, 5.41) is 3.28. The minimum absolute atomic E-state index is 0.344. The third-order valence-corrected chi connectivity index (χ3v) is 4.87. The van der Waals surface area contributed by atoms with E-state index in [0.29, 0.717) is 18.6 Å². The molecule has 2 atom stereocenters. The van der Waals surface area contributed by atoms with Crippen LogP contribution in [0.25, 0.3) is 11.5 Å². The van der Waals surface area contributed by atoms with Crippen molar-refractivity contribution in [3.05, 3.63) is 41.3 Å². The van der Waals surface area contributed by atoms with Crippen molar-refractivity contribution >= 4 is 0 Å². The van der Waals surface area contributed by atoms with Gasteiger partial charge in [-0.2, -0.15) is 0 Å². The minimum Gasteiger partial charge on any atom is -0.441 e. The Labute approximate surface area is 144 Å². The van der Waals surface area contributed by atoms with Gasteiger partial charge < -0.3 is 14.5 Å². The third-order valence-electron chi connectivity index (χ3n) is 4.87. The molecule has 1 N–H and O–H groups in total. The van der Waals surface area contributed by atoms with Gasteiger partial charge in [0, 0.05) is 5.56 Å². The Kier molecular flexibility index (Phi) is 5.69. The van der Waals surface area contributed by atoms with Crippen LogP contribution >= 0.6 is 0 Å². The number of nitrogens with one attached hydrogen (secondary N) is 1. The normalized spacial score (nSPS) is 21.1. The van der Waals surface area contributed by atoms with E-state index in [1.165, 1.54) is 18.4 Å². The summed E-state index contributed by atoms with van der Waals surface area (Å²) in [4.78, 5) is 4.65. The maximum atomic E-state index is 6.14. The van der Waals surface area contributed by atoms with Crippen LogP contribution in [0.3, 0.4) is 0 Å². The molecule has 24 heavy (non-hydrogen) atoms. The highest BCUT2D eigenvalue weighted by molar-refractivity contribution is 5.54. The van der Waals surface area contributed by atoms with Gasteiger partial charge in [-0.05, 0) is 64.8 Å². The van der Waals surface area contributed by atoms with E-state index in [9.17, 15) is 0 Å². The van der Waals surface area contributed by atoms with Crippen LogP contribution in [0.4, 0.5) is 0 Å². The van der Waals surface area contributed by atoms with Crippen LogP contribution in [0.2, 0.25) is 0 Å². The molecule has 4 nitrogen and oxygen atoms in total. The molecule has 0 radical (unpaired) electrons. The van der Waals surface area contributed by atoms with Gasteiger partial charge in [0.15, 0.2) is 0 Å². The van der Waals surface area contributed by atoms with Crippen LogP contribution in [-0.2, 0) is 11.3 Å². The van der Waals surface area contributed by atoms with Gasteiger partial charge in [-0.15, -0.1) is 0 Å². The van der Waals surface area contributed by atoms with Gasteiger partial charge >= 0.3 is 0 Å². The maximum absolute atomic E-state index is 6.14. The molecule has 1 saturated carbocycles. The van der Waals surface area contributed by atoms with E-state index in [1.54, 1.807) is 0 Å². The first kappa shape index (κ1) is 17.2. The number of hydrogen-bond donors (Lipinski definition) is 1. The van der Waals surface area contributed by atoms with Gasteiger partial charge in [0.25, 0.3) is 0 Å². The Hall–Kier alpha value is -1.65. The highest BCUT2D eigenvalue weighted by atomic mass is 16.5. The molecule has 1 aromatic carbocycles. The Morgan fingerprint density at radius 2 is 2.00 bits per heavy atom. The Bertz CT molecular complexity index is 646. The molecule has 0 saturated heterocycles. The molecular formula is C20H28N2O2. The van der Waals surface area contributed by atoms with Crippen LogP contribution in [0.5, 0.6) is 0 Å². The van der Waals surface area contributed by atoms with Crippen molar-refractivity contribution in [3.8, 4) is 11.5 Å². The van der Waals surface area contributed by atoms with E-state index in [2.05, 4.69) is 41.5 Å². The summed E-state index contributed by atoms with van der Waals surface area (Å²) in [6.45, 7) is 5.67. The number of hydrogen-bond acceptors (Lipinski definition) is 4. The minimum atomic E-state index is 0.344. The quantitative estimate of drug-likeness (QED) is 0.861. The Morgan fingerprint density at radius 3 is 2.75 bits per heavy atom. The predicted octanol–water partition coefficient (Wildman–Crippen LogP) is 4.25. The number of aromatic nitrogens is 1. The number of rotatable bonds is 6. The lowest BCUT2D eigenvalue weighted by Crippen LogP contribution is -2.29. The first-order valence-electron chi connectivity index (χ1n) is 8.95. The Balaban J connectivity index is 1.60. The highest BCUT2D eigenvalue weighted by Gasteiger charge is 2.23. The summed E-state index contributed by atoms with van der Waals surface area (Å²) in [5.41, 5.74) is 3.17. The van der Waals surface area contributed by atoms with E-state index in [1.807, 2.05) is 14.0 Å². The first-order chi connectivity index (χ1) is 11.7. The topological polar surface area (TPSA) is 47.3 Å². The van der Waals surface area contributed by atoms with Crippen LogP contribution in [0, 0.1) is 19.8 Å². The summed E-state index contributed by atoms with van der Waals surface area (Å²) in [7, 11) is 2.02. The average molecular weight is 328 g/mol. The molecule has 130 valence electrons. The monoisotopic (exact) mass is 328 g/mol. The fourth-order valence-electron chi connectivity index (χ4n) is 3.45. The van der Waals surface area contributed by atoms with Gasteiger partial charge in [-0.3, -0.25) is 0 Å². The maximum Gasteiger partial charge on any atom is 0.226 e. The van der Waals surface area contributed by atoms with Gasteiger partial charge in [-0.1, -0.05) is 24.1 Å². The zero-order valence-electron chi connectivity index (χ0n) is 15.0. The van der Waals surface area contributed by atoms with Gasteiger partial charge in [-0.25, -0.2) is 4.98 Å². The van der Waals surface area contributed by atoms with Crippen molar-refractivity contribution in [2.45, 2.75) is 52.2 Å². The summed E-state index contributed by atoms with van der Waals surface area (Å²) in [5.74, 6) is 2.27. The van der Waals surface area contributed by atoms with Gasteiger partial charge in [0.2, 0.25) is 5.89 Å². The van der Waals surface area contributed by atoms with Crippen molar-refractivity contribution in [1.82, 2.24) is 10.3 Å². The van der Waals surface area contributed by atoms with Gasteiger partial charge in [0.1, 0.15) is 11.5 Å². The molecule has 0 amide bonds. The SMILES string of the molecule is CNC[C@H]1CCC[C@@H](OCc2nc(-c3ccc(C)cc3)oc2C)C1. The van der Waals surface area contributed by atoms with E-state index < -0.39 is 0 Å². The molecule has 1 heterocycles. The molecule has 1 aromatic heterocycles. The molecule has 2 aromatic rings. The predicted molar refractivity (Wildman–Crippen MR) is 95.9 cm³/mol. The lowest BCUT2D eigenvalue weighted by atomic mass is 9.87. The van der Waals surface area contributed by atoms with Crippen LogP contribution < -0.4 is 5.32 Å². The molecule has 0 aliphatic heterocycles. The number of nitrogens with zero attached hydrogens (tertiary/aromatic N) is 1. The molecule has 1 fully saturated rings. The molecule has 0 bridgehead atoms. The smallest absolute Gasteiger partial charge is 0.226 e. The van der Waals surface area contributed by atoms with Gasteiger partial charge in [0.05, 0.1) is 12.7 Å². The standard InChI is InChI=1S/C20H28N2O2/c1-14-7-9-17(10-8-14)20-22-19(15(2)24-20)13-23-18-6-4-5-16(11-18)12-21-3/h7-10,16,18,21H,4-6,11-13H2,1-3H3/t16-,18+/m0/s1. The number of oxazole rings is 1. The fraction of sp³-hybridized carbons (Fsp3) is 0.550.